The molecule has 0 atom stereocenters. The molecule has 6 rings (SSSR count). The van der Waals surface area contributed by atoms with Crippen molar-refractivity contribution < 1.29 is 24.2 Å². The predicted molar refractivity (Wildman–Crippen MR) is 194 cm³/mol. The van der Waals surface area contributed by atoms with Crippen molar-refractivity contribution in [3.63, 3.8) is 0 Å². The number of hydrogen-bond acceptors (Lipinski definition) is 0. The van der Waals surface area contributed by atoms with Gasteiger partial charge in [-0.25, -0.2) is 11.3 Å². The maximum atomic E-state index is 3.36. The van der Waals surface area contributed by atoms with E-state index in [1.165, 1.54) is 76.4 Å². The second-order valence-corrected chi connectivity index (χ2v) is 21.1. The summed E-state index contributed by atoms with van der Waals surface area (Å²) in [6.45, 7) is 20.7. The molecule has 0 fully saturated rings. The third-order valence-electron chi connectivity index (χ3n) is 8.06. The van der Waals surface area contributed by atoms with Gasteiger partial charge in [0.05, 0.1) is 0 Å². The Balaban J connectivity index is 0.000000165. The normalized spacial score (nSPS) is 13.2. The van der Waals surface area contributed by atoms with E-state index in [0.29, 0.717) is 0 Å². The molecule has 0 aromatic heterocycles. The molecule has 224 valence electrons. The minimum absolute atomic E-state index is 0.203. The molecule has 1 aliphatic carbocycles. The van der Waals surface area contributed by atoms with Crippen LogP contribution in [0, 0.1) is 6.08 Å². The molecular weight excluding hydrogens is 624 g/mol. The molecular formula is C42H48SiZr. The average molecular weight is 672 g/mol. The van der Waals surface area contributed by atoms with Crippen molar-refractivity contribution >= 4 is 32.8 Å². The van der Waals surface area contributed by atoms with E-state index in [9.17, 15) is 0 Å². The number of allylic oxidation sites excluding steroid dienone is 4. The monoisotopic (exact) mass is 670 g/mol. The van der Waals surface area contributed by atoms with Crippen molar-refractivity contribution in [2.45, 2.75) is 78.4 Å². The quantitative estimate of drug-likeness (QED) is 0.132. The summed E-state index contributed by atoms with van der Waals surface area (Å²) in [6.07, 6.45) is 8.82. The van der Waals surface area contributed by atoms with Gasteiger partial charge in [0.1, 0.15) is 0 Å². The fraction of sp³-hybridized carbons (Fsp3) is 0.286. The van der Waals surface area contributed by atoms with Crippen LogP contribution in [0.25, 0.3) is 21.5 Å². The molecule has 0 radical (unpaired) electrons. The van der Waals surface area contributed by atoms with E-state index in [0.717, 1.165) is 6.42 Å². The van der Waals surface area contributed by atoms with Crippen molar-refractivity contribution in [3.05, 3.63) is 149 Å². The SMILES string of the molecule is CC(C)(C)c1ccc2c(c1)[cH-]c1cc(C(C)(C)C)ccc12.C[Si](C)(C)C1=[C-]CC=C1.[Zr+2]=[C](c1ccccc1)c1ccccc1. The molecule has 0 amide bonds. The van der Waals surface area contributed by atoms with Gasteiger partial charge in [-0.15, -0.1) is 46.2 Å². The molecule has 5 aromatic carbocycles. The first-order valence-electron chi connectivity index (χ1n) is 15.8. The molecule has 0 N–H and O–H groups in total. The first kappa shape index (κ1) is 34.1. The Morgan fingerprint density at radius 3 is 1.41 bits per heavy atom. The van der Waals surface area contributed by atoms with Crippen molar-refractivity contribution in [2.24, 2.45) is 0 Å². The molecule has 5 aromatic rings. The van der Waals surface area contributed by atoms with E-state index in [4.69, 9.17) is 0 Å². The fourth-order valence-corrected chi connectivity index (χ4v) is 7.32. The van der Waals surface area contributed by atoms with Gasteiger partial charge >= 0.3 is 99.2 Å². The molecule has 0 bridgehead atoms. The van der Waals surface area contributed by atoms with Crippen LogP contribution in [-0.2, 0) is 35.1 Å². The molecule has 1 aliphatic rings. The first-order chi connectivity index (χ1) is 20.6. The Kier molecular flexibility index (Phi) is 10.9. The van der Waals surface area contributed by atoms with E-state index in [1.54, 1.807) is 0 Å². The van der Waals surface area contributed by atoms with Crippen molar-refractivity contribution in [1.29, 1.82) is 0 Å². The molecule has 0 saturated carbocycles. The number of fused-ring (bicyclic) bond motifs is 3. The standard InChI is InChI=1S/C21H25.C13H10.C8H13Si.Zr/c1-20(2,3)16-7-9-18-14(12-16)11-15-13-17(21(4,5)6)8-10-19(15)18;1-3-7-12(8-4-1)11-13-9-5-2-6-10-13;1-9(2,3)8-6-4-5-7-8;/h7-13H,1-6H3;1-10H;4,6H,5H2,1-3H3;/q-1;;-1;+2. The van der Waals surface area contributed by atoms with Crippen LogP contribution in [0.3, 0.4) is 0 Å². The van der Waals surface area contributed by atoms with Crippen LogP contribution in [0.15, 0.2) is 120 Å². The molecule has 0 unspecified atom stereocenters. The van der Waals surface area contributed by atoms with Gasteiger partial charge in [0, 0.05) is 8.07 Å². The molecule has 0 nitrogen and oxygen atoms in total. The summed E-state index contributed by atoms with van der Waals surface area (Å²) in [5, 5.41) is 6.96. The summed E-state index contributed by atoms with van der Waals surface area (Å²) in [7, 11) is -1.01. The van der Waals surface area contributed by atoms with Gasteiger partial charge in [0.15, 0.2) is 0 Å². The third-order valence-corrected chi connectivity index (χ3v) is 11.4. The third kappa shape index (κ3) is 8.89. The molecule has 0 aliphatic heterocycles. The second kappa shape index (κ2) is 14.1. The minimum atomic E-state index is -1.01. The van der Waals surface area contributed by atoms with E-state index < -0.39 is 8.07 Å². The van der Waals surface area contributed by atoms with Crippen LogP contribution in [0.2, 0.25) is 19.6 Å². The van der Waals surface area contributed by atoms with Crippen LogP contribution < -0.4 is 0 Å². The number of rotatable bonds is 3. The van der Waals surface area contributed by atoms with Crippen molar-refractivity contribution in [1.82, 2.24) is 0 Å². The van der Waals surface area contributed by atoms with Gasteiger partial charge in [-0.05, 0) is 10.8 Å². The Morgan fingerprint density at radius 2 is 1.09 bits per heavy atom. The summed E-state index contributed by atoms with van der Waals surface area (Å²) in [6, 6.07) is 37.3. The van der Waals surface area contributed by atoms with Crippen molar-refractivity contribution in [2.75, 3.05) is 0 Å². The molecule has 0 spiro atoms. The van der Waals surface area contributed by atoms with Crippen LogP contribution in [-0.4, -0.2) is 11.3 Å². The van der Waals surface area contributed by atoms with Crippen LogP contribution in [0.4, 0.5) is 0 Å². The zero-order valence-corrected chi connectivity index (χ0v) is 31.6. The molecule has 0 heterocycles. The maximum absolute atomic E-state index is 3.36. The predicted octanol–water partition coefficient (Wildman–Crippen LogP) is 11.7. The van der Waals surface area contributed by atoms with Crippen LogP contribution >= 0.6 is 0 Å². The van der Waals surface area contributed by atoms with Gasteiger partial charge in [-0.1, -0.05) is 96.6 Å². The van der Waals surface area contributed by atoms with Crippen LogP contribution in [0.1, 0.15) is 70.2 Å². The number of hydrogen-bond donors (Lipinski definition) is 0. The Bertz CT molecular complexity index is 1650. The molecule has 2 heteroatoms. The summed E-state index contributed by atoms with van der Waals surface area (Å²) in [5.74, 6) is 0. The molecule has 44 heavy (non-hydrogen) atoms. The number of benzene rings is 4. The summed E-state index contributed by atoms with van der Waals surface area (Å²) < 4.78 is 1.42. The van der Waals surface area contributed by atoms with Gasteiger partial charge in [-0.3, -0.25) is 6.08 Å². The van der Waals surface area contributed by atoms with Gasteiger partial charge in [0.25, 0.3) is 0 Å². The van der Waals surface area contributed by atoms with Gasteiger partial charge < -0.3 is 0 Å². The summed E-state index contributed by atoms with van der Waals surface area (Å²) >= 11 is 1.46. The van der Waals surface area contributed by atoms with Crippen LogP contribution in [0.5, 0.6) is 0 Å². The van der Waals surface area contributed by atoms with E-state index in [2.05, 4.69) is 183 Å². The Labute approximate surface area is 282 Å². The van der Waals surface area contributed by atoms with Gasteiger partial charge in [0.2, 0.25) is 0 Å². The topological polar surface area (TPSA) is 0 Å². The second-order valence-electron chi connectivity index (χ2n) is 14.8. The summed E-state index contributed by atoms with van der Waals surface area (Å²) in [5.41, 5.74) is 5.87. The zero-order chi connectivity index (χ0) is 32.1. The Morgan fingerprint density at radius 1 is 0.659 bits per heavy atom. The van der Waals surface area contributed by atoms with E-state index in [-0.39, 0.29) is 10.8 Å². The summed E-state index contributed by atoms with van der Waals surface area (Å²) in [4.78, 5) is 0. The fourth-order valence-electron chi connectivity index (χ4n) is 5.25. The van der Waals surface area contributed by atoms with E-state index >= 15 is 0 Å². The van der Waals surface area contributed by atoms with Crippen molar-refractivity contribution in [3.8, 4) is 0 Å². The van der Waals surface area contributed by atoms with Gasteiger partial charge in [-0.2, -0.15) is 6.08 Å². The zero-order valence-electron chi connectivity index (χ0n) is 28.2. The first-order valence-corrected chi connectivity index (χ1v) is 20.5. The molecule has 0 saturated heterocycles. The average Bonchev–Trinajstić information content (AvgIpc) is 3.66. The Hall–Kier alpha value is -2.80. The van der Waals surface area contributed by atoms with E-state index in [1.807, 2.05) is 0 Å².